The molecule has 0 aliphatic carbocycles. The van der Waals surface area contributed by atoms with Crippen LogP contribution in [-0.2, 0) is 9.59 Å². The normalized spacial score (nSPS) is 11.6. The first-order chi connectivity index (χ1) is 11.9. The molecule has 132 valence electrons. The molecule has 2 rings (SSSR count). The fourth-order valence-electron chi connectivity index (χ4n) is 2.26. The number of hydrogen-bond acceptors (Lipinski definition) is 3. The van der Waals surface area contributed by atoms with Crippen molar-refractivity contribution in [2.75, 3.05) is 13.2 Å². The molecule has 6 heteroatoms. The highest BCUT2D eigenvalue weighted by molar-refractivity contribution is 5.80. The van der Waals surface area contributed by atoms with E-state index in [-0.39, 0.29) is 13.2 Å². The van der Waals surface area contributed by atoms with Gasteiger partial charge in [-0.05, 0) is 54.8 Å². The predicted octanol–water partition coefficient (Wildman–Crippen LogP) is 2.81. The van der Waals surface area contributed by atoms with Gasteiger partial charge in [0.25, 0.3) is 5.91 Å². The Bertz CT molecular complexity index is 759. The summed E-state index contributed by atoms with van der Waals surface area (Å²) in [5.74, 6) is -2.34. The van der Waals surface area contributed by atoms with Crippen LogP contribution in [0, 0.1) is 19.7 Å². The van der Waals surface area contributed by atoms with Gasteiger partial charge in [-0.15, -0.1) is 0 Å². The number of amides is 1. The molecular formula is C19H20FNO4. The summed E-state index contributed by atoms with van der Waals surface area (Å²) in [7, 11) is 0. The number of aliphatic carboxylic acids is 1. The number of carboxylic acids is 1. The van der Waals surface area contributed by atoms with Gasteiger partial charge in [0.2, 0.25) is 0 Å². The molecule has 1 atom stereocenters. The first-order valence-electron chi connectivity index (χ1n) is 7.82. The number of halogens is 1. The third-order valence-electron chi connectivity index (χ3n) is 3.92. The van der Waals surface area contributed by atoms with Crippen molar-refractivity contribution in [3.05, 3.63) is 65.0 Å². The van der Waals surface area contributed by atoms with Gasteiger partial charge in [0.05, 0.1) is 5.92 Å². The summed E-state index contributed by atoms with van der Waals surface area (Å²) in [6.07, 6.45) is 0. The van der Waals surface area contributed by atoms with Crippen molar-refractivity contribution in [3.63, 3.8) is 0 Å². The second kappa shape index (κ2) is 8.28. The van der Waals surface area contributed by atoms with Gasteiger partial charge in [0, 0.05) is 6.54 Å². The summed E-state index contributed by atoms with van der Waals surface area (Å²) in [6, 6.07) is 10.7. The zero-order valence-corrected chi connectivity index (χ0v) is 14.1. The number of aryl methyl sites for hydroxylation is 2. The van der Waals surface area contributed by atoms with E-state index >= 15 is 0 Å². The number of hydrogen-bond donors (Lipinski definition) is 2. The Balaban J connectivity index is 1.89. The van der Waals surface area contributed by atoms with Crippen LogP contribution in [0.5, 0.6) is 5.75 Å². The third kappa shape index (κ3) is 5.31. The minimum absolute atomic E-state index is 0.101. The van der Waals surface area contributed by atoms with Gasteiger partial charge in [-0.25, -0.2) is 4.39 Å². The molecule has 1 amide bonds. The first-order valence-corrected chi connectivity index (χ1v) is 7.82. The summed E-state index contributed by atoms with van der Waals surface area (Å²) in [5.41, 5.74) is 2.60. The zero-order valence-electron chi connectivity index (χ0n) is 14.1. The lowest BCUT2D eigenvalue weighted by Crippen LogP contribution is -2.34. The molecule has 1 unspecified atom stereocenters. The van der Waals surface area contributed by atoms with Crippen molar-refractivity contribution in [1.29, 1.82) is 0 Å². The van der Waals surface area contributed by atoms with E-state index in [2.05, 4.69) is 5.32 Å². The SMILES string of the molecule is Cc1ccc(OCC(=O)NCC(C(=O)O)c2ccc(F)cc2)cc1C. The molecule has 0 fully saturated rings. The molecule has 5 nitrogen and oxygen atoms in total. The van der Waals surface area contributed by atoms with E-state index in [1.165, 1.54) is 24.3 Å². The largest absolute Gasteiger partial charge is 0.484 e. The molecule has 0 saturated carbocycles. The van der Waals surface area contributed by atoms with Crippen molar-refractivity contribution >= 4 is 11.9 Å². The Kier molecular flexibility index (Phi) is 6.11. The molecule has 0 spiro atoms. The van der Waals surface area contributed by atoms with Gasteiger partial charge < -0.3 is 15.2 Å². The van der Waals surface area contributed by atoms with Crippen molar-refractivity contribution in [1.82, 2.24) is 5.32 Å². The minimum atomic E-state index is -1.10. The Hall–Kier alpha value is -2.89. The topological polar surface area (TPSA) is 75.6 Å². The molecule has 2 aromatic carbocycles. The second-order valence-corrected chi connectivity index (χ2v) is 5.78. The molecule has 2 aromatic rings. The van der Waals surface area contributed by atoms with Crippen LogP contribution in [-0.4, -0.2) is 30.1 Å². The van der Waals surface area contributed by atoms with E-state index in [0.717, 1.165) is 11.1 Å². The molecule has 0 radical (unpaired) electrons. The van der Waals surface area contributed by atoms with Gasteiger partial charge in [-0.2, -0.15) is 0 Å². The molecule has 0 aliphatic rings. The smallest absolute Gasteiger partial charge is 0.312 e. The van der Waals surface area contributed by atoms with Crippen LogP contribution < -0.4 is 10.1 Å². The highest BCUT2D eigenvalue weighted by Crippen LogP contribution is 2.17. The number of benzene rings is 2. The van der Waals surface area contributed by atoms with Crippen molar-refractivity contribution in [3.8, 4) is 5.75 Å². The van der Waals surface area contributed by atoms with Gasteiger partial charge in [-0.1, -0.05) is 18.2 Å². The number of carboxylic acid groups (broad SMARTS) is 1. The lowest BCUT2D eigenvalue weighted by molar-refractivity contribution is -0.138. The van der Waals surface area contributed by atoms with Crippen molar-refractivity contribution in [2.45, 2.75) is 19.8 Å². The highest BCUT2D eigenvalue weighted by atomic mass is 19.1. The quantitative estimate of drug-likeness (QED) is 0.809. The monoisotopic (exact) mass is 345 g/mol. The number of ether oxygens (including phenoxy) is 1. The summed E-state index contributed by atoms with van der Waals surface area (Å²) in [5, 5.41) is 11.8. The molecule has 0 aliphatic heterocycles. The Morgan fingerprint density at radius 2 is 1.80 bits per heavy atom. The van der Waals surface area contributed by atoms with Gasteiger partial charge in [0.15, 0.2) is 6.61 Å². The molecular weight excluding hydrogens is 325 g/mol. The lowest BCUT2D eigenvalue weighted by Gasteiger charge is -2.14. The molecule has 25 heavy (non-hydrogen) atoms. The van der Waals surface area contributed by atoms with Crippen LogP contribution in [0.15, 0.2) is 42.5 Å². The third-order valence-corrected chi connectivity index (χ3v) is 3.92. The Labute approximate surface area is 145 Å². The molecule has 0 aromatic heterocycles. The zero-order chi connectivity index (χ0) is 18.4. The minimum Gasteiger partial charge on any atom is -0.484 e. The Morgan fingerprint density at radius 1 is 1.12 bits per heavy atom. The van der Waals surface area contributed by atoms with Crippen molar-refractivity contribution in [2.24, 2.45) is 0 Å². The van der Waals surface area contributed by atoms with Crippen LogP contribution in [0.1, 0.15) is 22.6 Å². The first kappa shape index (κ1) is 18.4. The summed E-state index contributed by atoms with van der Waals surface area (Å²) < 4.78 is 18.4. The van der Waals surface area contributed by atoms with Crippen LogP contribution in [0.3, 0.4) is 0 Å². The molecule has 0 bridgehead atoms. The average molecular weight is 345 g/mol. The van der Waals surface area contributed by atoms with E-state index in [0.29, 0.717) is 11.3 Å². The van der Waals surface area contributed by atoms with E-state index in [4.69, 9.17) is 4.74 Å². The van der Waals surface area contributed by atoms with Gasteiger partial charge in [-0.3, -0.25) is 9.59 Å². The van der Waals surface area contributed by atoms with Crippen LogP contribution in [0.2, 0.25) is 0 Å². The van der Waals surface area contributed by atoms with Gasteiger partial charge >= 0.3 is 5.97 Å². The Morgan fingerprint density at radius 3 is 2.40 bits per heavy atom. The molecule has 2 N–H and O–H groups in total. The maximum atomic E-state index is 12.9. The molecule has 0 heterocycles. The second-order valence-electron chi connectivity index (χ2n) is 5.78. The van der Waals surface area contributed by atoms with E-state index in [1.54, 1.807) is 6.07 Å². The number of nitrogens with one attached hydrogen (secondary N) is 1. The predicted molar refractivity (Wildman–Crippen MR) is 91.2 cm³/mol. The molecule has 0 saturated heterocycles. The van der Waals surface area contributed by atoms with Crippen LogP contribution in [0.25, 0.3) is 0 Å². The maximum Gasteiger partial charge on any atom is 0.312 e. The maximum absolute atomic E-state index is 12.9. The fourth-order valence-corrected chi connectivity index (χ4v) is 2.26. The fraction of sp³-hybridized carbons (Fsp3) is 0.263. The summed E-state index contributed by atoms with van der Waals surface area (Å²) >= 11 is 0. The van der Waals surface area contributed by atoms with E-state index in [9.17, 15) is 19.1 Å². The average Bonchev–Trinajstić information content (AvgIpc) is 2.57. The highest BCUT2D eigenvalue weighted by Gasteiger charge is 2.20. The lowest BCUT2D eigenvalue weighted by atomic mass is 9.99. The number of rotatable bonds is 7. The van der Waals surface area contributed by atoms with Crippen LogP contribution >= 0.6 is 0 Å². The standard InChI is InChI=1S/C19H20FNO4/c1-12-3-8-16(9-13(12)2)25-11-18(22)21-10-17(19(23)24)14-4-6-15(20)7-5-14/h3-9,17H,10-11H2,1-2H3,(H,21,22)(H,23,24). The number of carbonyl (C=O) groups excluding carboxylic acids is 1. The summed E-state index contributed by atoms with van der Waals surface area (Å²) in [6.45, 7) is 3.62. The summed E-state index contributed by atoms with van der Waals surface area (Å²) in [4.78, 5) is 23.3. The van der Waals surface area contributed by atoms with Crippen molar-refractivity contribution < 1.29 is 23.8 Å². The number of carbonyl (C=O) groups is 2. The van der Waals surface area contributed by atoms with Gasteiger partial charge in [0.1, 0.15) is 11.6 Å². The van der Waals surface area contributed by atoms with E-state index in [1.807, 2.05) is 26.0 Å². The van der Waals surface area contributed by atoms with Crippen LogP contribution in [0.4, 0.5) is 4.39 Å². The van der Waals surface area contributed by atoms with E-state index < -0.39 is 23.6 Å².